The van der Waals surface area contributed by atoms with Crippen LogP contribution in [-0.2, 0) is 37.9 Å². The molecular formula is C46H74N10O10S4. The highest BCUT2D eigenvalue weighted by atomic mass is 32.1. The summed E-state index contributed by atoms with van der Waals surface area (Å²) in [5.41, 5.74) is 2.01. The highest BCUT2D eigenvalue weighted by molar-refractivity contribution is 7.10. The molecule has 7 aromatic rings. The molecule has 0 bridgehead atoms. The third-order valence-corrected chi connectivity index (χ3v) is 12.2. The average Bonchev–Trinajstić information content (AvgIpc) is 4.02. The molecule has 7 rings (SSSR count). The summed E-state index contributed by atoms with van der Waals surface area (Å²) in [5, 5.41) is 21.8. The molecule has 0 fully saturated rings. The van der Waals surface area contributed by atoms with Crippen molar-refractivity contribution in [1.29, 1.82) is 0 Å². The fraction of sp³-hybridized carbons (Fsp3) is 0.609. The van der Waals surface area contributed by atoms with Crippen molar-refractivity contribution in [3.8, 4) is 5.88 Å². The lowest BCUT2D eigenvalue weighted by Gasteiger charge is -2.14. The first kappa shape index (κ1) is 62.6. The maximum Gasteiger partial charge on any atom is 0.438 e. The molecule has 0 saturated heterocycles. The molecule has 7 heterocycles. The van der Waals surface area contributed by atoms with Crippen LogP contribution in [0.25, 0.3) is 0 Å². The van der Waals surface area contributed by atoms with Crippen LogP contribution in [0, 0.1) is 0 Å². The highest BCUT2D eigenvalue weighted by Gasteiger charge is 2.22. The molecular weight excluding hydrogens is 981 g/mol. The standard InChI is InChI=1S/C7H11NO2.3C7H11NOS.2C6H10N2O2.C6H10N2OS/c1-7(2,3)5-4-10-6(9)8-5;1-7(2,3)6-8-5(9)4-10-6;2*1-7(2,3)5-4-10-6(9)8-5;1-6(2,3)4-7-5(9)8-10-4;1-6(2,3)4-7-5(9)10-8-4;1-6(2,3)4-7-5(9)8-10-4/h4H,1-3H3,(H,8,9);4,9H,1-3H3;2*4H,1-3H3,(H,8,9);1-3H3,(H,8,9);1-3H3,(H,7,8,9);1-3H3,(H,8,9). The van der Waals surface area contributed by atoms with Crippen LogP contribution in [0.2, 0.25) is 0 Å². The molecule has 0 spiro atoms. The molecule has 0 aromatic carbocycles. The highest BCUT2D eigenvalue weighted by Crippen LogP contribution is 2.27. The molecule has 0 aliphatic carbocycles. The lowest BCUT2D eigenvalue weighted by atomic mass is 9.93. The summed E-state index contributed by atoms with van der Waals surface area (Å²) < 4.78 is 16.2. The Morgan fingerprint density at radius 1 is 0.486 bits per heavy atom. The third kappa shape index (κ3) is 23.9. The molecule has 20 nitrogen and oxygen atoms in total. The summed E-state index contributed by atoms with van der Waals surface area (Å²) in [7, 11) is 0. The number of rotatable bonds is 0. The van der Waals surface area contributed by atoms with E-state index < -0.39 is 11.4 Å². The number of hydrogen-bond donors (Lipinski definition) is 7. The van der Waals surface area contributed by atoms with Gasteiger partial charge in [0.15, 0.2) is 5.82 Å². The number of H-pyrrole nitrogens is 6. The Hall–Kier alpha value is -5.46. The number of hydrogen-bond acceptors (Lipinski definition) is 18. The van der Waals surface area contributed by atoms with Crippen LogP contribution < -0.4 is 32.6 Å². The monoisotopic (exact) mass is 1050 g/mol. The van der Waals surface area contributed by atoms with Gasteiger partial charge in [0, 0.05) is 60.1 Å². The smallest absolute Gasteiger partial charge is 0.438 e. The lowest BCUT2D eigenvalue weighted by Crippen LogP contribution is -2.14. The van der Waals surface area contributed by atoms with E-state index in [1.165, 1.54) is 51.8 Å². The van der Waals surface area contributed by atoms with Gasteiger partial charge < -0.3 is 24.0 Å². The Morgan fingerprint density at radius 2 is 0.971 bits per heavy atom. The van der Waals surface area contributed by atoms with Crippen LogP contribution in [0.1, 0.15) is 184 Å². The normalized spacial score (nSPS) is 11.9. The van der Waals surface area contributed by atoms with E-state index in [-0.39, 0.29) is 65.0 Å². The predicted molar refractivity (Wildman–Crippen MR) is 281 cm³/mol. The molecule has 0 amide bonds. The van der Waals surface area contributed by atoms with Gasteiger partial charge in [-0.15, -0.1) is 11.3 Å². The van der Waals surface area contributed by atoms with E-state index in [0.29, 0.717) is 11.7 Å². The second-order valence-electron chi connectivity index (χ2n) is 22.7. The van der Waals surface area contributed by atoms with Gasteiger partial charge in [-0.25, -0.2) is 24.2 Å². The number of aromatic hydroxyl groups is 1. The molecule has 7 aromatic heterocycles. The first-order valence-corrected chi connectivity index (χ1v) is 25.3. The maximum atomic E-state index is 10.7. The lowest BCUT2D eigenvalue weighted by molar-refractivity contribution is 0.318. The topological polar surface area (TPSA) is 308 Å². The van der Waals surface area contributed by atoms with E-state index in [1.54, 1.807) is 5.38 Å². The van der Waals surface area contributed by atoms with Crippen LogP contribution in [0.5, 0.6) is 5.88 Å². The van der Waals surface area contributed by atoms with Gasteiger partial charge in [0.1, 0.15) is 16.3 Å². The number of nitrogens with one attached hydrogen (secondary N) is 6. The van der Waals surface area contributed by atoms with Gasteiger partial charge in [-0.05, 0) is 11.5 Å². The quantitative estimate of drug-likeness (QED) is 0.0744. The fourth-order valence-corrected chi connectivity index (χ4v) is 7.25. The first-order valence-electron chi connectivity index (χ1n) is 21.9. The van der Waals surface area contributed by atoms with Crippen LogP contribution >= 0.6 is 45.5 Å². The third-order valence-electron chi connectivity index (χ3n) is 8.43. The van der Waals surface area contributed by atoms with Crippen molar-refractivity contribution in [2.24, 2.45) is 0 Å². The van der Waals surface area contributed by atoms with Crippen LogP contribution in [0.4, 0.5) is 0 Å². The Morgan fingerprint density at radius 3 is 1.14 bits per heavy atom. The van der Waals surface area contributed by atoms with Crippen molar-refractivity contribution < 1.29 is 18.6 Å². The van der Waals surface area contributed by atoms with Crippen molar-refractivity contribution >= 4 is 45.5 Å². The zero-order chi connectivity index (χ0) is 54.4. The fourth-order valence-electron chi connectivity index (χ4n) is 4.20. The number of aromatic nitrogens is 10. The second-order valence-corrected chi connectivity index (χ2v) is 26.1. The van der Waals surface area contributed by atoms with Crippen molar-refractivity contribution in [1.82, 2.24) is 49.6 Å². The van der Waals surface area contributed by atoms with E-state index in [2.05, 4.69) is 121 Å². The summed E-state index contributed by atoms with van der Waals surface area (Å²) in [6, 6.07) is 0. The van der Waals surface area contributed by atoms with Gasteiger partial charge in [-0.3, -0.25) is 28.5 Å². The van der Waals surface area contributed by atoms with Crippen molar-refractivity contribution in [2.45, 2.75) is 183 Å². The molecule has 7 N–H and O–H groups in total. The molecule has 0 saturated carbocycles. The van der Waals surface area contributed by atoms with Crippen molar-refractivity contribution in [3.63, 3.8) is 0 Å². The molecule has 0 unspecified atom stereocenters. The zero-order valence-electron chi connectivity index (χ0n) is 44.4. The Bertz CT molecular complexity index is 2490. The summed E-state index contributed by atoms with van der Waals surface area (Å²) in [5.74, 6) is 0.278. The Kier molecular flexibility index (Phi) is 22.4. The molecule has 70 heavy (non-hydrogen) atoms. The number of thiazole rings is 3. The van der Waals surface area contributed by atoms with Gasteiger partial charge in [0.2, 0.25) is 11.8 Å². The van der Waals surface area contributed by atoms with E-state index in [9.17, 15) is 28.8 Å². The molecule has 0 aliphatic heterocycles. The first-order chi connectivity index (χ1) is 31.5. The summed E-state index contributed by atoms with van der Waals surface area (Å²) >= 11 is 5.24. The average molecular weight is 1060 g/mol. The molecule has 0 atom stereocenters. The number of nitrogens with zero attached hydrogens (tertiary/aromatic N) is 4. The van der Waals surface area contributed by atoms with Crippen LogP contribution in [0.15, 0.2) is 64.6 Å². The minimum absolute atomic E-state index is 0.0101. The zero-order valence-corrected chi connectivity index (χ0v) is 47.6. The molecule has 0 aliphatic rings. The van der Waals surface area contributed by atoms with Gasteiger partial charge in [0.25, 0.3) is 0 Å². The minimum atomic E-state index is -0.495. The van der Waals surface area contributed by atoms with E-state index in [4.69, 9.17) is 9.63 Å². The van der Waals surface area contributed by atoms with Crippen molar-refractivity contribution in [2.75, 3.05) is 0 Å². The van der Waals surface area contributed by atoms with Gasteiger partial charge in [0.05, 0.1) is 11.1 Å². The van der Waals surface area contributed by atoms with Gasteiger partial charge >= 0.3 is 32.6 Å². The minimum Gasteiger partial charge on any atom is -0.493 e. The summed E-state index contributed by atoms with van der Waals surface area (Å²) in [6.45, 7) is 42.4. The molecule has 0 radical (unpaired) electrons. The number of oxazole rings is 1. The van der Waals surface area contributed by atoms with Gasteiger partial charge in [-0.1, -0.05) is 173 Å². The largest absolute Gasteiger partial charge is 0.493 e. The number of aromatic amines is 6. The summed E-state index contributed by atoms with van der Waals surface area (Å²) in [4.78, 5) is 85.5. The van der Waals surface area contributed by atoms with Gasteiger partial charge in [-0.2, -0.15) is 15.1 Å². The van der Waals surface area contributed by atoms with E-state index in [0.717, 1.165) is 27.1 Å². The van der Waals surface area contributed by atoms with E-state index in [1.807, 2.05) is 93.8 Å². The Balaban J connectivity index is 0.000000408. The summed E-state index contributed by atoms with van der Waals surface area (Å²) in [6.07, 6.45) is 1.46. The maximum absolute atomic E-state index is 10.7. The second kappa shape index (κ2) is 25.1. The Labute approximate surface area is 423 Å². The van der Waals surface area contributed by atoms with Crippen LogP contribution in [0.3, 0.4) is 0 Å². The van der Waals surface area contributed by atoms with E-state index >= 15 is 0 Å². The molecule has 24 heteroatoms. The molecule has 392 valence electrons. The van der Waals surface area contributed by atoms with Crippen LogP contribution in [-0.4, -0.2) is 54.7 Å². The SMILES string of the molecule is CC(C)(C)c1coc(=O)[nH]1.CC(C)(C)c1csc(=O)[nH]1.CC(C)(C)c1csc(=O)[nH]1.CC(C)(C)c1nc(=O)[nH]o1.CC(C)(C)c1nc(=O)[nH]s1.CC(C)(C)c1nc(O)cs1.CC(C)(C)c1noc(=O)[nH]1. The van der Waals surface area contributed by atoms with Crippen molar-refractivity contribution in [3.05, 3.63) is 123 Å². The predicted octanol–water partition coefficient (Wildman–Crippen LogP) is 9.33.